The van der Waals surface area contributed by atoms with Crippen molar-refractivity contribution in [1.29, 1.82) is 5.26 Å². The Bertz CT molecular complexity index is 822. The van der Waals surface area contributed by atoms with Crippen molar-refractivity contribution in [3.8, 4) is 17.3 Å². The molecule has 1 aliphatic heterocycles. The molecular weight excluding hydrogens is 366 g/mol. The first-order valence-corrected chi connectivity index (χ1v) is 10.2. The molecule has 1 saturated heterocycles. The van der Waals surface area contributed by atoms with Crippen molar-refractivity contribution >= 4 is 28.5 Å². The van der Waals surface area contributed by atoms with Gasteiger partial charge in [-0.3, -0.25) is 4.90 Å². The highest BCUT2D eigenvalue weighted by Crippen LogP contribution is 2.29. The Hall–Kier alpha value is -1.87. The summed E-state index contributed by atoms with van der Waals surface area (Å²) in [7, 11) is 0. The number of benzene rings is 1. The predicted octanol–water partition coefficient (Wildman–Crippen LogP) is 5.52. The van der Waals surface area contributed by atoms with E-state index in [-0.39, 0.29) is 11.3 Å². The molecule has 136 valence electrons. The second-order valence-corrected chi connectivity index (χ2v) is 7.80. The van der Waals surface area contributed by atoms with Crippen LogP contribution in [-0.4, -0.2) is 34.1 Å². The van der Waals surface area contributed by atoms with Crippen molar-refractivity contribution in [3.05, 3.63) is 45.4 Å². The van der Waals surface area contributed by atoms with Crippen LogP contribution in [0.4, 0.5) is 0 Å². The number of rotatable bonds is 5. The number of halogens is 1. The Balaban J connectivity index is 1.82. The number of likely N-dealkylation sites (tertiary alicyclic amines) is 1. The van der Waals surface area contributed by atoms with Crippen molar-refractivity contribution in [3.63, 3.8) is 0 Å². The Morgan fingerprint density at radius 1 is 1.38 bits per heavy atom. The highest BCUT2D eigenvalue weighted by molar-refractivity contribution is 7.11. The van der Waals surface area contributed by atoms with Crippen molar-refractivity contribution in [1.82, 2.24) is 9.88 Å². The summed E-state index contributed by atoms with van der Waals surface area (Å²) in [6.07, 6.45) is 4.60. The number of piperidine rings is 1. The summed E-state index contributed by atoms with van der Waals surface area (Å²) >= 11 is 7.30. The first-order valence-electron chi connectivity index (χ1n) is 8.90. The van der Waals surface area contributed by atoms with Crippen LogP contribution in [0, 0.1) is 11.3 Å². The average Bonchev–Trinajstić information content (AvgIpc) is 3.13. The van der Waals surface area contributed by atoms with Gasteiger partial charge in [0.1, 0.15) is 22.4 Å². The number of nitrogens with zero attached hydrogens (tertiary/aromatic N) is 3. The average molecular weight is 388 g/mol. The van der Waals surface area contributed by atoms with Crippen LogP contribution in [0.15, 0.2) is 35.4 Å². The van der Waals surface area contributed by atoms with Crippen molar-refractivity contribution in [2.75, 3.05) is 13.1 Å². The molecule has 1 N–H and O–H groups in total. The molecule has 6 heteroatoms. The number of aromatic nitrogens is 1. The lowest BCUT2D eigenvalue weighted by molar-refractivity contribution is 0.140. The molecule has 1 fully saturated rings. The fourth-order valence-corrected chi connectivity index (χ4v) is 4.35. The topological polar surface area (TPSA) is 60.1 Å². The molecule has 26 heavy (non-hydrogen) atoms. The Labute approximate surface area is 163 Å². The second kappa shape index (κ2) is 8.68. The largest absolute Gasteiger partial charge is 0.509 e. The summed E-state index contributed by atoms with van der Waals surface area (Å²) in [4.78, 5) is 6.83. The van der Waals surface area contributed by atoms with E-state index >= 15 is 0 Å². The highest BCUT2D eigenvalue weighted by atomic mass is 35.5. The number of thiazole rings is 1. The van der Waals surface area contributed by atoms with Crippen molar-refractivity contribution in [2.45, 2.75) is 38.6 Å². The maximum Gasteiger partial charge on any atom is 0.138 e. The minimum Gasteiger partial charge on any atom is -0.509 e. The molecule has 0 saturated carbocycles. The third-order valence-electron chi connectivity index (χ3n) is 4.83. The van der Waals surface area contributed by atoms with E-state index in [1.165, 1.54) is 17.8 Å². The van der Waals surface area contributed by atoms with E-state index < -0.39 is 0 Å². The molecule has 0 bridgehead atoms. The lowest BCUT2D eigenvalue weighted by Crippen LogP contribution is -2.40. The molecule has 0 aliphatic carbocycles. The van der Waals surface area contributed by atoms with Crippen LogP contribution in [0.3, 0.4) is 0 Å². The third-order valence-corrected chi connectivity index (χ3v) is 5.94. The number of nitriles is 1. The zero-order valence-corrected chi connectivity index (χ0v) is 16.4. The summed E-state index contributed by atoms with van der Waals surface area (Å²) in [5.41, 5.74) is 2.00. The SMILES string of the molecule is CCC1CCCCN1CC(O)=C(C#N)c1nc(-c2ccc(Cl)cc2)cs1. The number of hydrogen-bond donors (Lipinski definition) is 1. The summed E-state index contributed by atoms with van der Waals surface area (Å²) in [6.45, 7) is 3.56. The van der Waals surface area contributed by atoms with Crippen LogP contribution in [0.1, 0.15) is 37.6 Å². The van der Waals surface area contributed by atoms with Crippen molar-refractivity contribution < 1.29 is 5.11 Å². The zero-order valence-electron chi connectivity index (χ0n) is 14.8. The first-order chi connectivity index (χ1) is 12.6. The van der Waals surface area contributed by atoms with E-state index in [9.17, 15) is 10.4 Å². The number of aliphatic hydroxyl groups excluding tert-OH is 1. The smallest absolute Gasteiger partial charge is 0.138 e. The van der Waals surface area contributed by atoms with Crippen LogP contribution in [0.25, 0.3) is 16.8 Å². The van der Waals surface area contributed by atoms with Crippen LogP contribution in [0.5, 0.6) is 0 Å². The molecular formula is C20H22ClN3OS. The molecule has 2 aromatic rings. The minimum atomic E-state index is 0.116. The lowest BCUT2D eigenvalue weighted by atomic mass is 10.00. The monoisotopic (exact) mass is 387 g/mol. The van der Waals surface area contributed by atoms with Gasteiger partial charge in [-0.2, -0.15) is 5.26 Å². The van der Waals surface area contributed by atoms with Gasteiger partial charge < -0.3 is 5.11 Å². The van der Waals surface area contributed by atoms with Gasteiger partial charge in [0.05, 0.1) is 12.2 Å². The van der Waals surface area contributed by atoms with E-state index in [4.69, 9.17) is 11.6 Å². The van der Waals surface area contributed by atoms with Gasteiger partial charge in [0, 0.05) is 22.0 Å². The molecule has 1 aromatic carbocycles. The molecule has 4 nitrogen and oxygen atoms in total. The van der Waals surface area contributed by atoms with Crippen LogP contribution in [0.2, 0.25) is 5.02 Å². The Morgan fingerprint density at radius 3 is 2.85 bits per heavy atom. The van der Waals surface area contributed by atoms with E-state index in [2.05, 4.69) is 22.9 Å². The molecule has 1 atom stereocenters. The molecule has 0 radical (unpaired) electrons. The van der Waals surface area contributed by atoms with Gasteiger partial charge in [0.2, 0.25) is 0 Å². The van der Waals surface area contributed by atoms with Gasteiger partial charge in [-0.1, -0.05) is 37.1 Å². The zero-order chi connectivity index (χ0) is 18.5. The second-order valence-electron chi connectivity index (χ2n) is 6.51. The van der Waals surface area contributed by atoms with E-state index in [1.54, 1.807) is 0 Å². The maximum absolute atomic E-state index is 10.6. The fraction of sp³-hybridized carbons (Fsp3) is 0.400. The predicted molar refractivity (Wildman–Crippen MR) is 107 cm³/mol. The third kappa shape index (κ3) is 4.27. The van der Waals surface area contributed by atoms with Gasteiger partial charge in [-0.25, -0.2) is 4.98 Å². The van der Waals surface area contributed by atoms with Gasteiger partial charge in [-0.15, -0.1) is 11.3 Å². The standard InChI is InChI=1S/C20H22ClN3OS/c1-2-16-5-3-4-10-24(16)12-19(25)17(11-22)20-23-18(13-26-20)14-6-8-15(21)9-7-14/h6-9,13,16,25H,2-5,10,12H2,1H3. The minimum absolute atomic E-state index is 0.116. The Kier molecular flexibility index (Phi) is 6.31. The molecule has 1 aliphatic rings. The van der Waals surface area contributed by atoms with Crippen LogP contribution >= 0.6 is 22.9 Å². The number of allylic oxidation sites excluding steroid dienone is 1. The van der Waals surface area contributed by atoms with E-state index in [0.717, 1.165) is 37.1 Å². The number of aliphatic hydroxyl groups is 1. The quantitative estimate of drug-likeness (QED) is 0.542. The van der Waals surface area contributed by atoms with Gasteiger partial charge >= 0.3 is 0 Å². The lowest BCUT2D eigenvalue weighted by Gasteiger charge is -2.34. The van der Waals surface area contributed by atoms with Gasteiger partial charge in [-0.05, 0) is 37.9 Å². The summed E-state index contributed by atoms with van der Waals surface area (Å²) in [6, 6.07) is 10.1. The Morgan fingerprint density at radius 2 is 2.15 bits per heavy atom. The normalized spacial score (nSPS) is 19.0. The summed E-state index contributed by atoms with van der Waals surface area (Å²) in [5.74, 6) is 0.116. The summed E-state index contributed by atoms with van der Waals surface area (Å²) < 4.78 is 0. The first kappa shape index (κ1) is 18.9. The van der Waals surface area contributed by atoms with Gasteiger partial charge in [0.25, 0.3) is 0 Å². The molecule has 0 spiro atoms. The van der Waals surface area contributed by atoms with Crippen LogP contribution in [-0.2, 0) is 0 Å². The van der Waals surface area contributed by atoms with Crippen LogP contribution < -0.4 is 0 Å². The van der Waals surface area contributed by atoms with Gasteiger partial charge in [0.15, 0.2) is 0 Å². The molecule has 0 amide bonds. The molecule has 2 heterocycles. The van der Waals surface area contributed by atoms with E-state index in [0.29, 0.717) is 22.6 Å². The molecule has 3 rings (SSSR count). The summed E-state index contributed by atoms with van der Waals surface area (Å²) in [5, 5.41) is 23.3. The highest BCUT2D eigenvalue weighted by Gasteiger charge is 2.23. The van der Waals surface area contributed by atoms with E-state index in [1.807, 2.05) is 29.6 Å². The maximum atomic E-state index is 10.6. The fourth-order valence-electron chi connectivity index (χ4n) is 3.38. The molecule has 1 aromatic heterocycles. The molecule has 1 unspecified atom stereocenters. The number of hydrogen-bond acceptors (Lipinski definition) is 5. The van der Waals surface area contributed by atoms with Crippen molar-refractivity contribution in [2.24, 2.45) is 0 Å².